The van der Waals surface area contributed by atoms with E-state index in [0.717, 1.165) is 6.07 Å². The zero-order valence-electron chi connectivity index (χ0n) is 10.5. The summed E-state index contributed by atoms with van der Waals surface area (Å²) in [5.74, 6) is 4.42. The fourth-order valence-electron chi connectivity index (χ4n) is 1.82. The van der Waals surface area contributed by atoms with Crippen molar-refractivity contribution in [2.45, 2.75) is 13.0 Å². The van der Waals surface area contributed by atoms with Crippen molar-refractivity contribution >= 4 is 29.1 Å². The molecule has 0 aromatic carbocycles. The second kappa shape index (κ2) is 5.09. The summed E-state index contributed by atoms with van der Waals surface area (Å²) < 4.78 is 0. The molecule has 1 unspecified atom stereocenters. The van der Waals surface area contributed by atoms with Gasteiger partial charge in [-0.05, 0) is 6.92 Å². The normalized spacial score (nSPS) is 18.7. The summed E-state index contributed by atoms with van der Waals surface area (Å²) in [6, 6.07) is 1.66. The number of nitrogens with zero attached hydrogens (tertiary/aromatic N) is 3. The molecular weight excluding hydrogens is 268 g/mol. The molecule has 0 saturated carbocycles. The Morgan fingerprint density at radius 2 is 2.25 bits per heavy atom. The SMILES string of the molecule is CC1C(=O)NC(=O)CN1c1cc([N+](=O)[O-])cc(NN)n1. The Kier molecular flexibility index (Phi) is 3.48. The minimum Gasteiger partial charge on any atom is -0.335 e. The van der Waals surface area contributed by atoms with E-state index in [-0.39, 0.29) is 23.9 Å². The van der Waals surface area contributed by atoms with Gasteiger partial charge in [0.2, 0.25) is 11.8 Å². The summed E-state index contributed by atoms with van der Waals surface area (Å²) in [6.45, 7) is 1.45. The number of nitro groups is 1. The van der Waals surface area contributed by atoms with Gasteiger partial charge in [0, 0.05) is 0 Å². The van der Waals surface area contributed by atoms with E-state index in [1.54, 1.807) is 6.92 Å². The third kappa shape index (κ3) is 2.49. The standard InChI is InChI=1S/C10H12N6O4/c1-5-10(18)13-9(17)4-15(5)8-3-6(16(19)20)2-7(12-8)14-11/h2-3,5H,4,11H2,1H3,(H,12,14)(H,13,17,18). The number of piperazine rings is 1. The molecule has 106 valence electrons. The summed E-state index contributed by atoms with van der Waals surface area (Å²) in [4.78, 5) is 38.6. The van der Waals surface area contributed by atoms with Crippen LogP contribution in [0.15, 0.2) is 12.1 Å². The molecule has 1 aromatic heterocycles. The Morgan fingerprint density at radius 1 is 1.55 bits per heavy atom. The van der Waals surface area contributed by atoms with Gasteiger partial charge in [0.25, 0.3) is 5.69 Å². The van der Waals surface area contributed by atoms with E-state index >= 15 is 0 Å². The van der Waals surface area contributed by atoms with Gasteiger partial charge in [-0.1, -0.05) is 0 Å². The average molecular weight is 280 g/mol. The Balaban J connectivity index is 2.45. The number of carbonyl (C=O) groups is 2. The predicted molar refractivity (Wildman–Crippen MR) is 68.7 cm³/mol. The molecule has 10 nitrogen and oxygen atoms in total. The number of aromatic nitrogens is 1. The predicted octanol–water partition coefficient (Wildman–Crippen LogP) is -0.873. The van der Waals surface area contributed by atoms with Gasteiger partial charge in [-0.25, -0.2) is 10.8 Å². The molecule has 10 heteroatoms. The van der Waals surface area contributed by atoms with Crippen molar-refractivity contribution in [2.75, 3.05) is 16.9 Å². The number of pyridine rings is 1. The lowest BCUT2D eigenvalue weighted by Crippen LogP contribution is -2.57. The molecule has 2 rings (SSSR count). The summed E-state index contributed by atoms with van der Waals surface area (Å²) in [5, 5.41) is 13.0. The summed E-state index contributed by atoms with van der Waals surface area (Å²) >= 11 is 0. The van der Waals surface area contributed by atoms with E-state index in [1.165, 1.54) is 11.0 Å². The maximum absolute atomic E-state index is 11.6. The van der Waals surface area contributed by atoms with E-state index in [1.807, 2.05) is 0 Å². The van der Waals surface area contributed by atoms with E-state index in [0.29, 0.717) is 0 Å². The number of rotatable bonds is 3. The first-order chi connectivity index (χ1) is 9.42. The Hall–Kier alpha value is -2.75. The Bertz CT molecular complexity index is 589. The van der Waals surface area contributed by atoms with Crippen LogP contribution in [-0.2, 0) is 9.59 Å². The molecule has 1 atom stereocenters. The minimum atomic E-state index is -0.673. The maximum Gasteiger partial charge on any atom is 0.276 e. The summed E-state index contributed by atoms with van der Waals surface area (Å²) in [6.07, 6.45) is 0. The van der Waals surface area contributed by atoms with Gasteiger partial charge in [0.1, 0.15) is 17.7 Å². The van der Waals surface area contributed by atoms with Gasteiger partial charge in [-0.3, -0.25) is 25.0 Å². The van der Waals surface area contributed by atoms with Crippen molar-refractivity contribution < 1.29 is 14.5 Å². The van der Waals surface area contributed by atoms with E-state index in [4.69, 9.17) is 5.84 Å². The van der Waals surface area contributed by atoms with Crippen molar-refractivity contribution in [1.29, 1.82) is 0 Å². The molecule has 1 saturated heterocycles. The molecule has 2 amide bonds. The fraction of sp³-hybridized carbons (Fsp3) is 0.300. The lowest BCUT2D eigenvalue weighted by Gasteiger charge is -2.32. The van der Waals surface area contributed by atoms with Crippen molar-refractivity contribution in [3.8, 4) is 0 Å². The zero-order chi connectivity index (χ0) is 14.9. The number of nitrogens with one attached hydrogen (secondary N) is 2. The van der Waals surface area contributed by atoms with Gasteiger partial charge in [-0.2, -0.15) is 0 Å². The number of hydrogen-bond donors (Lipinski definition) is 3. The van der Waals surface area contributed by atoms with Crippen molar-refractivity contribution in [3.05, 3.63) is 22.2 Å². The summed E-state index contributed by atoms with van der Waals surface area (Å²) in [5.41, 5.74) is 1.97. The lowest BCUT2D eigenvalue weighted by atomic mass is 10.2. The van der Waals surface area contributed by atoms with Crippen molar-refractivity contribution in [3.63, 3.8) is 0 Å². The van der Waals surface area contributed by atoms with Crippen LogP contribution in [0.5, 0.6) is 0 Å². The molecule has 1 aromatic rings. The van der Waals surface area contributed by atoms with Gasteiger partial charge >= 0.3 is 0 Å². The van der Waals surface area contributed by atoms with Crippen molar-refractivity contribution in [1.82, 2.24) is 10.3 Å². The number of hydrazine groups is 1. The molecule has 4 N–H and O–H groups in total. The fourth-order valence-corrected chi connectivity index (χ4v) is 1.82. The smallest absolute Gasteiger partial charge is 0.276 e. The van der Waals surface area contributed by atoms with E-state index < -0.39 is 22.8 Å². The number of anilines is 2. The van der Waals surface area contributed by atoms with Crippen LogP contribution < -0.4 is 21.5 Å². The molecule has 1 fully saturated rings. The van der Waals surface area contributed by atoms with E-state index in [2.05, 4.69) is 15.7 Å². The second-order valence-corrected chi connectivity index (χ2v) is 4.19. The highest BCUT2D eigenvalue weighted by molar-refractivity contribution is 6.04. The number of amides is 2. The highest BCUT2D eigenvalue weighted by Gasteiger charge is 2.32. The van der Waals surface area contributed by atoms with Gasteiger partial charge in [-0.15, -0.1) is 0 Å². The third-order valence-electron chi connectivity index (χ3n) is 2.87. The number of nitrogens with two attached hydrogens (primary N) is 1. The Labute approximate surface area is 113 Å². The number of nitrogen functional groups attached to an aromatic ring is 1. The van der Waals surface area contributed by atoms with Gasteiger partial charge in [0.05, 0.1) is 23.6 Å². The molecule has 0 spiro atoms. The number of imide groups is 1. The largest absolute Gasteiger partial charge is 0.335 e. The molecule has 0 aliphatic carbocycles. The summed E-state index contributed by atoms with van der Waals surface area (Å²) in [7, 11) is 0. The first-order valence-corrected chi connectivity index (χ1v) is 5.66. The van der Waals surface area contributed by atoms with Crippen LogP contribution in [0.3, 0.4) is 0 Å². The van der Waals surface area contributed by atoms with Crippen LogP contribution in [0.25, 0.3) is 0 Å². The highest BCUT2D eigenvalue weighted by atomic mass is 16.6. The first-order valence-electron chi connectivity index (χ1n) is 5.66. The first kappa shape index (κ1) is 13.7. The number of hydrogen-bond acceptors (Lipinski definition) is 8. The van der Waals surface area contributed by atoms with Gasteiger partial charge in [0.15, 0.2) is 0 Å². The third-order valence-corrected chi connectivity index (χ3v) is 2.87. The monoisotopic (exact) mass is 280 g/mol. The van der Waals surface area contributed by atoms with Crippen LogP contribution in [0.1, 0.15) is 6.92 Å². The van der Waals surface area contributed by atoms with Gasteiger partial charge < -0.3 is 10.3 Å². The quantitative estimate of drug-likeness (QED) is 0.280. The highest BCUT2D eigenvalue weighted by Crippen LogP contribution is 2.25. The topological polar surface area (TPSA) is 143 Å². The molecule has 20 heavy (non-hydrogen) atoms. The van der Waals surface area contributed by atoms with E-state index in [9.17, 15) is 19.7 Å². The Morgan fingerprint density at radius 3 is 2.85 bits per heavy atom. The van der Waals surface area contributed by atoms with Crippen LogP contribution in [0, 0.1) is 10.1 Å². The average Bonchev–Trinajstić information content (AvgIpc) is 2.42. The van der Waals surface area contributed by atoms with Crippen LogP contribution in [0.2, 0.25) is 0 Å². The van der Waals surface area contributed by atoms with Crippen LogP contribution in [-0.4, -0.2) is 34.3 Å². The minimum absolute atomic E-state index is 0.0693. The lowest BCUT2D eigenvalue weighted by molar-refractivity contribution is -0.384. The molecular formula is C10H12N6O4. The molecule has 1 aliphatic heterocycles. The molecule has 0 radical (unpaired) electrons. The molecule has 1 aliphatic rings. The maximum atomic E-state index is 11.6. The zero-order valence-corrected chi connectivity index (χ0v) is 10.5. The van der Waals surface area contributed by atoms with Crippen LogP contribution in [0.4, 0.5) is 17.3 Å². The second-order valence-electron chi connectivity index (χ2n) is 4.19. The molecule has 2 heterocycles. The van der Waals surface area contributed by atoms with Crippen molar-refractivity contribution in [2.24, 2.45) is 5.84 Å². The van der Waals surface area contributed by atoms with Crippen LogP contribution >= 0.6 is 0 Å². The number of carbonyl (C=O) groups excluding carboxylic acids is 2. The molecule has 0 bridgehead atoms.